The van der Waals surface area contributed by atoms with Gasteiger partial charge in [-0.3, -0.25) is 4.39 Å². The molecule has 0 saturated heterocycles. The summed E-state index contributed by atoms with van der Waals surface area (Å²) < 4.78 is 33.7. The molecule has 90 valence electrons. The number of aryl methyl sites for hydroxylation is 1. The van der Waals surface area contributed by atoms with Crippen molar-refractivity contribution in [1.82, 2.24) is 0 Å². The first kappa shape index (κ1) is 13.8. The topological polar surface area (TPSA) is 34.1 Å². The summed E-state index contributed by atoms with van der Waals surface area (Å²) in [5.41, 5.74) is 0.894. The summed E-state index contributed by atoms with van der Waals surface area (Å²) in [6.45, 7) is -0.396. The Morgan fingerprint density at radius 2 is 2.00 bits per heavy atom. The van der Waals surface area contributed by atoms with Crippen LogP contribution in [0.3, 0.4) is 0 Å². The number of benzene rings is 1. The second kappa shape index (κ2) is 6.47. The van der Waals surface area contributed by atoms with Gasteiger partial charge < -0.3 is 0 Å². The molecule has 0 saturated carbocycles. The van der Waals surface area contributed by atoms with Crippen molar-refractivity contribution in [2.24, 2.45) is 0 Å². The average Bonchev–Trinajstić information content (AvgIpc) is 2.23. The van der Waals surface area contributed by atoms with E-state index in [2.05, 4.69) is 0 Å². The first-order valence-corrected chi connectivity index (χ1v) is 8.18. The van der Waals surface area contributed by atoms with Crippen LogP contribution in [0.15, 0.2) is 29.2 Å². The van der Waals surface area contributed by atoms with E-state index in [0.717, 1.165) is 10.5 Å². The van der Waals surface area contributed by atoms with E-state index >= 15 is 0 Å². The van der Waals surface area contributed by atoms with Gasteiger partial charge in [-0.2, -0.15) is 0 Å². The lowest BCUT2D eigenvalue weighted by Gasteiger charge is -2.06. The maximum absolute atomic E-state index is 12.0. The smallest absolute Gasteiger partial charge is 0.232 e. The number of alkyl halides is 1. The number of thioether (sulfide) groups is 1. The quantitative estimate of drug-likeness (QED) is 0.594. The van der Waals surface area contributed by atoms with Crippen molar-refractivity contribution >= 4 is 31.5 Å². The lowest BCUT2D eigenvalue weighted by atomic mass is 10.2. The summed E-state index contributed by atoms with van der Waals surface area (Å²) in [4.78, 5) is 0.917. The fourth-order valence-corrected chi connectivity index (χ4v) is 2.75. The second-order valence-corrected chi connectivity index (χ2v) is 7.17. The van der Waals surface area contributed by atoms with Crippen LogP contribution in [0.5, 0.6) is 0 Å². The van der Waals surface area contributed by atoms with Gasteiger partial charge in [0, 0.05) is 21.3 Å². The van der Waals surface area contributed by atoms with Crippen molar-refractivity contribution in [3.63, 3.8) is 0 Å². The molecule has 6 heteroatoms. The molecular weight excluding hydrogens is 271 g/mol. The predicted octanol–water partition coefficient (Wildman–Crippen LogP) is 2.86. The summed E-state index contributed by atoms with van der Waals surface area (Å²) in [7, 11) is 1.67. The zero-order valence-corrected chi connectivity index (χ0v) is 10.9. The molecule has 16 heavy (non-hydrogen) atoms. The molecule has 1 aromatic carbocycles. The van der Waals surface area contributed by atoms with Crippen LogP contribution in [0.4, 0.5) is 4.39 Å². The van der Waals surface area contributed by atoms with Gasteiger partial charge in [-0.1, -0.05) is 18.2 Å². The Morgan fingerprint density at radius 3 is 2.62 bits per heavy atom. The van der Waals surface area contributed by atoms with Crippen LogP contribution in [-0.2, 0) is 15.5 Å². The molecule has 0 amide bonds. The second-order valence-electron chi connectivity index (χ2n) is 3.14. The minimum Gasteiger partial charge on any atom is -0.250 e. The molecule has 0 unspecified atom stereocenters. The maximum atomic E-state index is 12.0. The average molecular weight is 283 g/mol. The van der Waals surface area contributed by atoms with Gasteiger partial charge in [0.05, 0.1) is 12.4 Å². The first-order chi connectivity index (χ1) is 7.53. The molecule has 0 radical (unpaired) electrons. The fourth-order valence-electron chi connectivity index (χ4n) is 1.23. The SMILES string of the molecule is O=S(=O)(Cl)CCc1ccccc1SCCF. The van der Waals surface area contributed by atoms with Crippen molar-refractivity contribution in [3.05, 3.63) is 29.8 Å². The van der Waals surface area contributed by atoms with Crippen LogP contribution >= 0.6 is 22.4 Å². The van der Waals surface area contributed by atoms with E-state index in [1.807, 2.05) is 24.3 Å². The molecule has 0 spiro atoms. The Kier molecular flexibility index (Phi) is 5.58. The highest BCUT2D eigenvalue weighted by Gasteiger charge is 2.08. The highest BCUT2D eigenvalue weighted by Crippen LogP contribution is 2.23. The Labute approximate surface area is 104 Å². The molecule has 0 fully saturated rings. The third kappa shape index (κ3) is 5.18. The monoisotopic (exact) mass is 282 g/mol. The number of hydrogen-bond acceptors (Lipinski definition) is 3. The van der Waals surface area contributed by atoms with Crippen LogP contribution in [0.2, 0.25) is 0 Å². The van der Waals surface area contributed by atoms with Crippen LogP contribution < -0.4 is 0 Å². The van der Waals surface area contributed by atoms with E-state index in [-0.39, 0.29) is 5.75 Å². The molecule has 2 nitrogen and oxygen atoms in total. The Hall–Kier alpha value is -0.260. The van der Waals surface area contributed by atoms with E-state index in [9.17, 15) is 12.8 Å². The highest BCUT2D eigenvalue weighted by molar-refractivity contribution is 8.13. The molecule has 0 aliphatic rings. The van der Waals surface area contributed by atoms with Gasteiger partial charge in [-0.25, -0.2) is 8.42 Å². The number of halogens is 2. The summed E-state index contributed by atoms with van der Waals surface area (Å²) in [5, 5.41) is 0. The van der Waals surface area contributed by atoms with E-state index in [0.29, 0.717) is 12.2 Å². The van der Waals surface area contributed by atoms with Crippen molar-refractivity contribution in [3.8, 4) is 0 Å². The molecule has 0 aliphatic carbocycles. The molecule has 0 N–H and O–H groups in total. The van der Waals surface area contributed by atoms with Gasteiger partial charge in [-0.05, 0) is 18.1 Å². The molecule has 0 aromatic heterocycles. The van der Waals surface area contributed by atoms with Crippen LogP contribution in [0.1, 0.15) is 5.56 Å². The maximum Gasteiger partial charge on any atom is 0.232 e. The van der Waals surface area contributed by atoms with Crippen molar-refractivity contribution in [2.75, 3.05) is 18.2 Å². The Bertz CT molecular complexity index is 434. The molecule has 1 rings (SSSR count). The first-order valence-electron chi connectivity index (χ1n) is 4.72. The minimum atomic E-state index is -3.47. The zero-order chi connectivity index (χ0) is 12.0. The van der Waals surface area contributed by atoms with Crippen LogP contribution in [-0.4, -0.2) is 26.6 Å². The van der Waals surface area contributed by atoms with Gasteiger partial charge in [0.1, 0.15) is 0 Å². The van der Waals surface area contributed by atoms with Crippen LogP contribution in [0, 0.1) is 0 Å². The Balaban J connectivity index is 2.71. The van der Waals surface area contributed by atoms with Gasteiger partial charge in [-0.15, -0.1) is 11.8 Å². The molecular formula is C10H12ClFO2S2. The molecule has 0 heterocycles. The van der Waals surface area contributed by atoms with E-state index < -0.39 is 15.7 Å². The highest BCUT2D eigenvalue weighted by atomic mass is 35.7. The predicted molar refractivity (Wildman–Crippen MR) is 66.5 cm³/mol. The third-order valence-corrected chi connectivity index (χ3v) is 4.14. The fraction of sp³-hybridized carbons (Fsp3) is 0.400. The van der Waals surface area contributed by atoms with Crippen molar-refractivity contribution in [2.45, 2.75) is 11.3 Å². The largest absolute Gasteiger partial charge is 0.250 e. The molecule has 0 atom stereocenters. The summed E-state index contributed by atoms with van der Waals surface area (Å²) in [5.74, 6) is 0.284. The standard InChI is InChI=1S/C10H12ClFO2S2/c11-16(13,14)8-5-9-3-1-2-4-10(9)15-7-6-12/h1-4H,5-8H2. The lowest BCUT2D eigenvalue weighted by Crippen LogP contribution is -2.02. The molecule has 0 aliphatic heterocycles. The van der Waals surface area contributed by atoms with E-state index in [1.165, 1.54) is 11.8 Å². The summed E-state index contributed by atoms with van der Waals surface area (Å²) in [6.07, 6.45) is 0.362. The Morgan fingerprint density at radius 1 is 1.31 bits per heavy atom. The van der Waals surface area contributed by atoms with Gasteiger partial charge in [0.25, 0.3) is 0 Å². The zero-order valence-electron chi connectivity index (χ0n) is 8.53. The third-order valence-electron chi connectivity index (χ3n) is 1.92. The normalized spacial score (nSPS) is 11.6. The van der Waals surface area contributed by atoms with Crippen molar-refractivity contribution in [1.29, 1.82) is 0 Å². The van der Waals surface area contributed by atoms with Crippen molar-refractivity contribution < 1.29 is 12.8 Å². The minimum absolute atomic E-state index is 0.0955. The van der Waals surface area contributed by atoms with Gasteiger partial charge in [0.2, 0.25) is 9.05 Å². The van der Waals surface area contributed by atoms with Gasteiger partial charge in [0.15, 0.2) is 0 Å². The summed E-state index contributed by atoms with van der Waals surface area (Å²) in [6, 6.07) is 7.37. The van der Waals surface area contributed by atoms with E-state index in [4.69, 9.17) is 10.7 Å². The molecule has 1 aromatic rings. The number of rotatable bonds is 6. The van der Waals surface area contributed by atoms with Crippen LogP contribution in [0.25, 0.3) is 0 Å². The van der Waals surface area contributed by atoms with E-state index in [1.54, 1.807) is 0 Å². The van der Waals surface area contributed by atoms with Gasteiger partial charge >= 0.3 is 0 Å². The summed E-state index contributed by atoms with van der Waals surface area (Å²) >= 11 is 1.38. The molecule has 0 bridgehead atoms. The lowest BCUT2D eigenvalue weighted by molar-refractivity contribution is 0.533. The number of hydrogen-bond donors (Lipinski definition) is 0.